The number of ether oxygens (including phenoxy) is 1. The van der Waals surface area contributed by atoms with Gasteiger partial charge in [0.1, 0.15) is 13.1 Å². The molecule has 22 heavy (non-hydrogen) atoms. The highest BCUT2D eigenvalue weighted by atomic mass is 16.5. The fourth-order valence-electron chi connectivity index (χ4n) is 2.36. The van der Waals surface area contributed by atoms with Gasteiger partial charge in [0.05, 0.1) is 6.61 Å². The van der Waals surface area contributed by atoms with Crippen molar-refractivity contribution in [3.05, 3.63) is 35.4 Å². The van der Waals surface area contributed by atoms with Gasteiger partial charge in [0.2, 0.25) is 5.91 Å². The Kier molecular flexibility index (Phi) is 5.11. The average Bonchev–Trinajstić information content (AvgIpc) is 2.80. The number of benzene rings is 1. The molecule has 0 aromatic heterocycles. The molecule has 7 nitrogen and oxygen atoms in total. The Morgan fingerprint density at radius 3 is 2.73 bits per heavy atom. The lowest BCUT2D eigenvalue weighted by atomic mass is 10.1. The van der Waals surface area contributed by atoms with E-state index in [-0.39, 0.29) is 25.6 Å². The van der Waals surface area contributed by atoms with E-state index in [1.165, 1.54) is 16.9 Å². The molecular formula is C15H18N2O5. The maximum Gasteiger partial charge on any atom is 0.323 e. The van der Waals surface area contributed by atoms with Crippen LogP contribution >= 0.6 is 0 Å². The molecule has 1 aliphatic heterocycles. The summed E-state index contributed by atoms with van der Waals surface area (Å²) < 4.78 is 4.88. The number of nitrogens with zero attached hydrogens (tertiary/aromatic N) is 2. The second kappa shape index (κ2) is 7.04. The standard InChI is InChI=1S/C15H18N2O5/c1-22-7-6-16(10-14(19)20)13(18)9-17-8-11-4-2-3-5-12(11)15(17)21/h2-5H,6-10H2,1H3,(H,19,20). The Morgan fingerprint density at radius 1 is 1.36 bits per heavy atom. The molecule has 0 aliphatic carbocycles. The molecule has 1 aromatic carbocycles. The molecule has 0 unspecified atom stereocenters. The minimum absolute atomic E-state index is 0.134. The quantitative estimate of drug-likeness (QED) is 0.777. The van der Waals surface area contributed by atoms with Gasteiger partial charge in [0.15, 0.2) is 0 Å². The first kappa shape index (κ1) is 16.0. The maximum absolute atomic E-state index is 12.3. The average molecular weight is 306 g/mol. The molecule has 7 heteroatoms. The zero-order valence-electron chi connectivity index (χ0n) is 12.3. The molecule has 118 valence electrons. The van der Waals surface area contributed by atoms with E-state index in [0.29, 0.717) is 12.1 Å². The highest BCUT2D eigenvalue weighted by molar-refractivity contribution is 6.00. The highest BCUT2D eigenvalue weighted by Crippen LogP contribution is 2.21. The summed E-state index contributed by atoms with van der Waals surface area (Å²) in [7, 11) is 1.48. The second-order valence-corrected chi connectivity index (χ2v) is 5.02. The SMILES string of the molecule is COCCN(CC(=O)O)C(=O)CN1Cc2ccccc2C1=O. The molecule has 0 saturated heterocycles. The lowest BCUT2D eigenvalue weighted by molar-refractivity contribution is -0.145. The van der Waals surface area contributed by atoms with Crippen LogP contribution < -0.4 is 0 Å². The summed E-state index contributed by atoms with van der Waals surface area (Å²) in [5.74, 6) is -1.70. The molecule has 0 spiro atoms. The molecule has 1 aliphatic rings. The topological polar surface area (TPSA) is 87.2 Å². The van der Waals surface area contributed by atoms with Crippen molar-refractivity contribution >= 4 is 17.8 Å². The molecule has 0 saturated carbocycles. The van der Waals surface area contributed by atoms with E-state index < -0.39 is 18.4 Å². The number of amides is 2. The van der Waals surface area contributed by atoms with Crippen LogP contribution in [0.4, 0.5) is 0 Å². The summed E-state index contributed by atoms with van der Waals surface area (Å²) >= 11 is 0. The summed E-state index contributed by atoms with van der Waals surface area (Å²) in [6.45, 7) is 0.247. The third-order valence-electron chi connectivity index (χ3n) is 3.47. The van der Waals surface area contributed by atoms with Crippen molar-refractivity contribution in [2.24, 2.45) is 0 Å². The molecular weight excluding hydrogens is 288 g/mol. The van der Waals surface area contributed by atoms with Gasteiger partial charge in [0, 0.05) is 25.8 Å². The zero-order chi connectivity index (χ0) is 16.1. The molecule has 0 fully saturated rings. The van der Waals surface area contributed by atoms with Crippen molar-refractivity contribution in [2.75, 3.05) is 33.4 Å². The lowest BCUT2D eigenvalue weighted by Gasteiger charge is -2.23. The minimum Gasteiger partial charge on any atom is -0.480 e. The number of rotatable bonds is 7. The first-order valence-electron chi connectivity index (χ1n) is 6.88. The van der Waals surface area contributed by atoms with Gasteiger partial charge in [-0.15, -0.1) is 0 Å². The van der Waals surface area contributed by atoms with E-state index in [2.05, 4.69) is 0 Å². The van der Waals surface area contributed by atoms with Gasteiger partial charge >= 0.3 is 5.97 Å². The Hall–Kier alpha value is -2.41. The van der Waals surface area contributed by atoms with Gasteiger partial charge in [-0.3, -0.25) is 14.4 Å². The largest absolute Gasteiger partial charge is 0.480 e. The van der Waals surface area contributed by atoms with Gasteiger partial charge in [-0.05, 0) is 11.6 Å². The van der Waals surface area contributed by atoms with Gasteiger partial charge < -0.3 is 19.6 Å². The zero-order valence-corrected chi connectivity index (χ0v) is 12.3. The van der Waals surface area contributed by atoms with Crippen LogP contribution in [0.15, 0.2) is 24.3 Å². The molecule has 0 radical (unpaired) electrons. The number of fused-ring (bicyclic) bond motifs is 1. The van der Waals surface area contributed by atoms with Crippen LogP contribution in [0.1, 0.15) is 15.9 Å². The third-order valence-corrected chi connectivity index (χ3v) is 3.47. The molecule has 2 amide bonds. The van der Waals surface area contributed by atoms with Crippen LogP contribution in [0.5, 0.6) is 0 Å². The van der Waals surface area contributed by atoms with Crippen molar-refractivity contribution in [1.82, 2.24) is 9.80 Å². The second-order valence-electron chi connectivity index (χ2n) is 5.02. The van der Waals surface area contributed by atoms with Crippen LogP contribution in [0, 0.1) is 0 Å². The Morgan fingerprint density at radius 2 is 2.09 bits per heavy atom. The Labute approximate surface area is 128 Å². The van der Waals surface area contributed by atoms with E-state index in [0.717, 1.165) is 5.56 Å². The number of aliphatic carboxylic acids is 1. The van der Waals surface area contributed by atoms with Gasteiger partial charge in [-0.1, -0.05) is 18.2 Å². The molecule has 0 atom stereocenters. The summed E-state index contributed by atoms with van der Waals surface area (Å²) in [6.07, 6.45) is 0. The van der Waals surface area contributed by atoms with Gasteiger partial charge in [-0.2, -0.15) is 0 Å². The number of hydrogen-bond acceptors (Lipinski definition) is 4. The van der Waals surface area contributed by atoms with E-state index in [1.807, 2.05) is 12.1 Å². The minimum atomic E-state index is -1.10. The fourth-order valence-corrected chi connectivity index (χ4v) is 2.36. The number of carboxylic acids is 1. The highest BCUT2D eigenvalue weighted by Gasteiger charge is 2.29. The maximum atomic E-state index is 12.3. The van der Waals surface area contributed by atoms with Crippen LogP contribution in [0.2, 0.25) is 0 Å². The smallest absolute Gasteiger partial charge is 0.323 e. The van der Waals surface area contributed by atoms with E-state index >= 15 is 0 Å². The first-order chi connectivity index (χ1) is 10.5. The molecule has 1 N–H and O–H groups in total. The van der Waals surface area contributed by atoms with Crippen molar-refractivity contribution < 1.29 is 24.2 Å². The monoisotopic (exact) mass is 306 g/mol. The van der Waals surface area contributed by atoms with Gasteiger partial charge in [-0.25, -0.2) is 0 Å². The summed E-state index contributed by atoms with van der Waals surface area (Å²) in [5.41, 5.74) is 1.47. The number of carboxylic acid groups (broad SMARTS) is 1. The predicted molar refractivity (Wildman–Crippen MR) is 77.3 cm³/mol. The van der Waals surface area contributed by atoms with Crippen LogP contribution in [-0.2, 0) is 20.9 Å². The van der Waals surface area contributed by atoms with Crippen LogP contribution in [0.3, 0.4) is 0 Å². The van der Waals surface area contributed by atoms with Crippen molar-refractivity contribution in [3.8, 4) is 0 Å². The lowest BCUT2D eigenvalue weighted by Crippen LogP contribution is -2.44. The van der Waals surface area contributed by atoms with Crippen LogP contribution in [0.25, 0.3) is 0 Å². The fraction of sp³-hybridized carbons (Fsp3) is 0.400. The van der Waals surface area contributed by atoms with Gasteiger partial charge in [0.25, 0.3) is 5.91 Å². The van der Waals surface area contributed by atoms with Crippen molar-refractivity contribution in [2.45, 2.75) is 6.54 Å². The van der Waals surface area contributed by atoms with E-state index in [1.54, 1.807) is 12.1 Å². The molecule has 0 bridgehead atoms. The number of hydrogen-bond donors (Lipinski definition) is 1. The van der Waals surface area contributed by atoms with Crippen molar-refractivity contribution in [3.63, 3.8) is 0 Å². The molecule has 1 aromatic rings. The summed E-state index contributed by atoms with van der Waals surface area (Å²) in [4.78, 5) is 37.9. The van der Waals surface area contributed by atoms with Crippen molar-refractivity contribution in [1.29, 1.82) is 0 Å². The third kappa shape index (κ3) is 3.62. The predicted octanol–water partition coefficient (Wildman–Crippen LogP) is 0.202. The number of carbonyl (C=O) groups is 3. The summed E-state index contributed by atoms with van der Waals surface area (Å²) in [5, 5.41) is 8.87. The number of methoxy groups -OCH3 is 1. The first-order valence-corrected chi connectivity index (χ1v) is 6.88. The normalized spacial score (nSPS) is 13.1. The Balaban J connectivity index is 2.01. The Bertz CT molecular complexity index is 587. The molecule has 1 heterocycles. The van der Waals surface area contributed by atoms with E-state index in [9.17, 15) is 14.4 Å². The summed E-state index contributed by atoms with van der Waals surface area (Å²) in [6, 6.07) is 7.18. The van der Waals surface area contributed by atoms with E-state index in [4.69, 9.17) is 9.84 Å². The number of carbonyl (C=O) groups excluding carboxylic acids is 2. The van der Waals surface area contributed by atoms with Crippen LogP contribution in [-0.4, -0.2) is 66.0 Å². The molecule has 2 rings (SSSR count).